The van der Waals surface area contributed by atoms with Crippen LogP contribution in [-0.2, 0) is 4.43 Å². The number of anilines is 1. The molecule has 11 heteroatoms. The van der Waals surface area contributed by atoms with E-state index in [1.165, 1.54) is 7.11 Å². The minimum absolute atomic E-state index is 0.176. The van der Waals surface area contributed by atoms with E-state index in [0.29, 0.717) is 51.2 Å². The number of amides is 1. The summed E-state index contributed by atoms with van der Waals surface area (Å²) in [5.41, 5.74) is 6.75. The molecule has 256 valence electrons. The molecule has 0 fully saturated rings. The van der Waals surface area contributed by atoms with Gasteiger partial charge in [-0.05, 0) is 72.3 Å². The number of hydrogen-bond acceptors (Lipinski definition) is 7. The first-order valence-electron chi connectivity index (χ1n) is 16.6. The van der Waals surface area contributed by atoms with E-state index in [9.17, 15) is 4.79 Å². The van der Waals surface area contributed by atoms with Crippen molar-refractivity contribution < 1.29 is 18.7 Å². The molecule has 9 nitrogen and oxygen atoms in total. The van der Waals surface area contributed by atoms with E-state index in [1.54, 1.807) is 13.3 Å². The first-order chi connectivity index (χ1) is 22.8. The Hall–Kier alpha value is -3.73. The molecule has 0 saturated heterocycles. The summed E-state index contributed by atoms with van der Waals surface area (Å²) in [4.78, 5) is 30.5. The van der Waals surface area contributed by atoms with E-state index in [1.807, 2.05) is 43.0 Å². The van der Waals surface area contributed by atoms with Crippen molar-refractivity contribution in [1.29, 1.82) is 0 Å². The number of rotatable bonds is 12. The van der Waals surface area contributed by atoms with Crippen LogP contribution < -0.4 is 14.4 Å². The molecule has 0 N–H and O–H groups in total. The Balaban J connectivity index is 1.77. The third-order valence-corrected chi connectivity index (χ3v) is 16.1. The highest BCUT2D eigenvalue weighted by molar-refractivity contribution is 6.77. The molecule has 4 aromatic rings. The number of aromatic nitrogens is 4. The van der Waals surface area contributed by atoms with E-state index in [4.69, 9.17) is 30.5 Å². The van der Waals surface area contributed by atoms with Crippen LogP contribution in [0, 0.1) is 13.8 Å². The van der Waals surface area contributed by atoms with Gasteiger partial charge < -0.3 is 18.5 Å². The molecule has 0 aliphatic carbocycles. The molecule has 0 spiro atoms. The summed E-state index contributed by atoms with van der Waals surface area (Å²) in [6, 6.07) is 13.3. The van der Waals surface area contributed by atoms with E-state index >= 15 is 0 Å². The molecule has 2 aromatic heterocycles. The summed E-state index contributed by atoms with van der Waals surface area (Å²) < 4.78 is 20.3. The highest BCUT2D eigenvalue weighted by Gasteiger charge is 2.48. The van der Waals surface area contributed by atoms with E-state index in [-0.39, 0.29) is 18.0 Å². The highest BCUT2D eigenvalue weighted by atomic mass is 35.5. The van der Waals surface area contributed by atoms with Crippen molar-refractivity contribution in [3.63, 3.8) is 0 Å². The van der Waals surface area contributed by atoms with Crippen molar-refractivity contribution in [2.45, 2.75) is 91.0 Å². The van der Waals surface area contributed by atoms with Crippen LogP contribution in [0.1, 0.15) is 93.4 Å². The lowest BCUT2D eigenvalue weighted by atomic mass is 10.0. The number of hydrogen-bond donors (Lipinski definition) is 0. The topological polar surface area (TPSA) is 91.6 Å². The summed E-state index contributed by atoms with van der Waals surface area (Å²) in [5.74, 6) is 0.655. The van der Waals surface area contributed by atoms with Crippen LogP contribution >= 0.6 is 11.6 Å². The van der Waals surface area contributed by atoms with Crippen LogP contribution in [-0.4, -0.2) is 54.6 Å². The van der Waals surface area contributed by atoms with Crippen LogP contribution in [0.5, 0.6) is 11.9 Å². The second kappa shape index (κ2) is 14.0. The third kappa shape index (κ3) is 6.14. The number of carbonyl (C=O) groups excluding carboxylic acids is 1. The van der Waals surface area contributed by atoms with Gasteiger partial charge in [-0.1, -0.05) is 77.4 Å². The first-order valence-corrected chi connectivity index (χ1v) is 19.2. The van der Waals surface area contributed by atoms with Gasteiger partial charge in [-0.2, -0.15) is 4.98 Å². The Kier molecular flexibility index (Phi) is 10.4. The lowest BCUT2D eigenvalue weighted by molar-refractivity contribution is 0.0989. The van der Waals surface area contributed by atoms with E-state index in [0.717, 1.165) is 28.1 Å². The zero-order valence-corrected chi connectivity index (χ0v) is 31.7. The number of benzene rings is 2. The summed E-state index contributed by atoms with van der Waals surface area (Å²) >= 11 is 6.38. The molecular weight excluding hydrogens is 642 g/mol. The molecule has 1 unspecified atom stereocenters. The molecule has 1 aliphatic rings. The van der Waals surface area contributed by atoms with Gasteiger partial charge in [0.1, 0.15) is 11.9 Å². The number of nitrogens with zero attached hydrogens (tertiary/aromatic N) is 5. The van der Waals surface area contributed by atoms with Gasteiger partial charge in [-0.15, -0.1) is 0 Å². The maximum atomic E-state index is 14.7. The SMILES string of the molecule is COc1ncc(-c2nc3c(n2[C@H](C)CO[Si](C(C)C)(C(C)C)C(C)C)C(c2ccc(Cl)cc2)N(c2cc(C)ccc2C)C3=O)c(OC)n1. The normalized spacial score (nSPS) is 15.5. The lowest BCUT2D eigenvalue weighted by Gasteiger charge is -2.43. The van der Waals surface area contributed by atoms with E-state index < -0.39 is 14.4 Å². The van der Waals surface area contributed by atoms with Crippen LogP contribution in [0.3, 0.4) is 0 Å². The molecule has 2 aromatic carbocycles. The molecular formula is C37H48ClN5O4Si. The second-order valence-electron chi connectivity index (χ2n) is 13.7. The molecule has 0 radical (unpaired) electrons. The minimum atomic E-state index is -2.23. The van der Waals surface area contributed by atoms with Gasteiger partial charge in [0.25, 0.3) is 5.91 Å². The molecule has 2 atom stereocenters. The Morgan fingerprint density at radius 3 is 2.12 bits per heavy atom. The Morgan fingerprint density at radius 2 is 1.54 bits per heavy atom. The summed E-state index contributed by atoms with van der Waals surface area (Å²) in [7, 11) is 0.833. The van der Waals surface area contributed by atoms with Crippen molar-refractivity contribution in [1.82, 2.24) is 19.5 Å². The van der Waals surface area contributed by atoms with Gasteiger partial charge in [-0.25, -0.2) is 9.97 Å². The zero-order valence-electron chi connectivity index (χ0n) is 30.0. The smallest absolute Gasteiger partial charge is 0.319 e. The summed E-state index contributed by atoms with van der Waals surface area (Å²) in [5, 5.41) is 0.620. The van der Waals surface area contributed by atoms with Gasteiger partial charge >= 0.3 is 6.01 Å². The number of aryl methyl sites for hydroxylation is 2. The fourth-order valence-electron chi connectivity index (χ4n) is 7.63. The standard InChI is InChI=1S/C37H48ClN5O4Si/c1-21(2)48(22(3)4,23(5)6)47-20-26(9)42-33-31(40-34(42)29-19-39-37(46-11)41-35(29)45-10)36(44)43(30-18-24(7)12-13-25(30)8)32(33)27-14-16-28(38)17-15-27/h12-19,21-23,26,32H,20H2,1-11H3/t26-,32?/m1/s1. The summed E-state index contributed by atoms with van der Waals surface area (Å²) in [6.45, 7) is 20.4. The van der Waals surface area contributed by atoms with Crippen molar-refractivity contribution in [2.75, 3.05) is 25.7 Å². The molecule has 0 bridgehead atoms. The van der Waals surface area contributed by atoms with Gasteiger partial charge in [0.2, 0.25) is 5.88 Å². The van der Waals surface area contributed by atoms with Crippen LogP contribution in [0.15, 0.2) is 48.7 Å². The largest absolute Gasteiger partial charge is 0.480 e. The Labute approximate surface area is 290 Å². The number of fused-ring (bicyclic) bond motifs is 1. The Morgan fingerprint density at radius 1 is 0.896 bits per heavy atom. The molecule has 0 saturated carbocycles. The number of methoxy groups -OCH3 is 2. The number of imidazole rings is 1. The lowest BCUT2D eigenvalue weighted by Crippen LogP contribution is -2.48. The molecule has 3 heterocycles. The minimum Gasteiger partial charge on any atom is -0.480 e. The van der Waals surface area contributed by atoms with Crippen molar-refractivity contribution in [2.24, 2.45) is 0 Å². The third-order valence-electron chi connectivity index (χ3n) is 9.77. The predicted molar refractivity (Wildman–Crippen MR) is 194 cm³/mol. The molecule has 1 aliphatic heterocycles. The average molecular weight is 690 g/mol. The van der Waals surface area contributed by atoms with Gasteiger partial charge in [0, 0.05) is 16.9 Å². The van der Waals surface area contributed by atoms with Crippen LogP contribution in [0.4, 0.5) is 5.69 Å². The fraction of sp³-hybridized carbons (Fsp3) is 0.459. The van der Waals surface area contributed by atoms with E-state index in [2.05, 4.69) is 81.2 Å². The van der Waals surface area contributed by atoms with Gasteiger partial charge in [0.15, 0.2) is 14.0 Å². The highest BCUT2D eigenvalue weighted by Crippen LogP contribution is 2.48. The van der Waals surface area contributed by atoms with Crippen molar-refractivity contribution in [3.05, 3.63) is 81.8 Å². The second-order valence-corrected chi connectivity index (χ2v) is 19.6. The number of carbonyl (C=O) groups is 1. The molecule has 5 rings (SSSR count). The van der Waals surface area contributed by atoms with Crippen molar-refractivity contribution >= 4 is 31.5 Å². The number of halogens is 1. The van der Waals surface area contributed by atoms with Crippen molar-refractivity contribution in [3.8, 4) is 23.3 Å². The summed E-state index contributed by atoms with van der Waals surface area (Å²) in [6.07, 6.45) is 1.64. The fourth-order valence-corrected chi connectivity index (χ4v) is 13.3. The number of ether oxygens (including phenoxy) is 2. The zero-order chi connectivity index (χ0) is 35.1. The quantitative estimate of drug-likeness (QED) is 0.137. The van der Waals surface area contributed by atoms with Gasteiger partial charge in [0.05, 0.1) is 38.1 Å². The average Bonchev–Trinajstić information content (AvgIpc) is 3.56. The van der Waals surface area contributed by atoms with Gasteiger partial charge in [-0.3, -0.25) is 9.69 Å². The maximum Gasteiger partial charge on any atom is 0.319 e. The van der Waals surface area contributed by atoms with Crippen LogP contribution in [0.25, 0.3) is 11.4 Å². The monoisotopic (exact) mass is 689 g/mol. The molecule has 48 heavy (non-hydrogen) atoms. The predicted octanol–water partition coefficient (Wildman–Crippen LogP) is 9.13. The first kappa shape index (κ1) is 35.6. The van der Waals surface area contributed by atoms with Crippen LogP contribution in [0.2, 0.25) is 21.6 Å². The molecule has 1 amide bonds. The Bertz CT molecular complexity index is 1770. The maximum absolute atomic E-state index is 14.7.